The summed E-state index contributed by atoms with van der Waals surface area (Å²) in [6, 6.07) is -1.44. The highest BCUT2D eigenvalue weighted by Gasteiger charge is 2.80. The van der Waals surface area contributed by atoms with Crippen molar-refractivity contribution in [1.29, 1.82) is 0 Å². The minimum Gasteiger partial charge on any atom is -0.394 e. The molecule has 3 N–H and O–H groups in total. The van der Waals surface area contributed by atoms with Crippen LogP contribution in [0.2, 0.25) is 0 Å². The molecule has 29 heavy (non-hydrogen) atoms. The van der Waals surface area contributed by atoms with Crippen molar-refractivity contribution in [2.45, 2.75) is 83.2 Å². The molecule has 8 atom stereocenters. The molecule has 8 heteroatoms. The molecule has 0 aromatic heterocycles. The third-order valence-corrected chi connectivity index (χ3v) is 7.38. The average Bonchev–Trinajstić information content (AvgIpc) is 3.17. The largest absolute Gasteiger partial charge is 0.394 e. The van der Waals surface area contributed by atoms with E-state index in [0.29, 0.717) is 6.42 Å². The van der Waals surface area contributed by atoms with Crippen molar-refractivity contribution in [2.75, 3.05) is 13.7 Å². The van der Waals surface area contributed by atoms with Gasteiger partial charge in [0, 0.05) is 13.1 Å². The zero-order chi connectivity index (χ0) is 21.7. The zero-order valence-corrected chi connectivity index (χ0v) is 18.3. The molecular formula is C21H35N3O5. The molecule has 0 aromatic carbocycles. The molecule has 0 aromatic rings. The number of carbonyl (C=O) groups excluding carboxylic acids is 3. The first-order chi connectivity index (χ1) is 13.6. The fraction of sp³-hybridized carbons (Fsp3) is 0.857. The fourth-order valence-corrected chi connectivity index (χ4v) is 5.92. The van der Waals surface area contributed by atoms with Crippen LogP contribution in [0.4, 0.5) is 0 Å². The summed E-state index contributed by atoms with van der Waals surface area (Å²) in [7, 11) is 1.55. The molecule has 0 aliphatic carbocycles. The number of nitrogens with one attached hydrogen (secondary N) is 2. The summed E-state index contributed by atoms with van der Waals surface area (Å²) in [6.45, 7) is 9.34. The van der Waals surface area contributed by atoms with Crippen LogP contribution in [0.1, 0.15) is 53.9 Å². The van der Waals surface area contributed by atoms with E-state index in [2.05, 4.69) is 17.6 Å². The maximum atomic E-state index is 13.6. The van der Waals surface area contributed by atoms with Gasteiger partial charge in [0.05, 0.1) is 30.1 Å². The van der Waals surface area contributed by atoms with Crippen molar-refractivity contribution < 1.29 is 24.2 Å². The lowest BCUT2D eigenvalue weighted by molar-refractivity contribution is -0.150. The van der Waals surface area contributed by atoms with Gasteiger partial charge >= 0.3 is 0 Å². The number of hydrogen-bond acceptors (Lipinski definition) is 5. The van der Waals surface area contributed by atoms with E-state index < -0.39 is 35.1 Å². The second kappa shape index (κ2) is 7.54. The van der Waals surface area contributed by atoms with E-state index in [1.54, 1.807) is 14.0 Å². The summed E-state index contributed by atoms with van der Waals surface area (Å²) in [5.74, 6) is -2.16. The molecule has 3 fully saturated rings. The van der Waals surface area contributed by atoms with Crippen molar-refractivity contribution in [2.24, 2.45) is 17.8 Å². The lowest BCUT2D eigenvalue weighted by Gasteiger charge is -2.36. The number of hydrogen-bond donors (Lipinski definition) is 3. The Morgan fingerprint density at radius 2 is 2.00 bits per heavy atom. The Hall–Kier alpha value is -1.67. The number of carbonyl (C=O) groups is 3. The SMILES string of the molecule is CCCC(C)NC(=O)C1N([C@H](C)CO)C(=O)[C@@H]2[C@@H](C(=O)NC)[C@]3(C)OC12CC3C. The molecule has 3 heterocycles. The summed E-state index contributed by atoms with van der Waals surface area (Å²) in [5, 5.41) is 15.5. The van der Waals surface area contributed by atoms with Gasteiger partial charge in [-0.2, -0.15) is 0 Å². The summed E-state index contributed by atoms with van der Waals surface area (Å²) < 4.78 is 6.52. The van der Waals surface area contributed by atoms with Crippen molar-refractivity contribution >= 4 is 17.7 Å². The van der Waals surface area contributed by atoms with Crippen LogP contribution in [0.5, 0.6) is 0 Å². The number of nitrogens with zero attached hydrogens (tertiary/aromatic N) is 1. The number of ether oxygens (including phenoxy) is 1. The van der Waals surface area contributed by atoms with Crippen LogP contribution in [0.3, 0.4) is 0 Å². The van der Waals surface area contributed by atoms with Crippen LogP contribution in [0.15, 0.2) is 0 Å². The third kappa shape index (κ3) is 2.98. The topological polar surface area (TPSA) is 108 Å². The number of amides is 3. The van der Waals surface area contributed by atoms with Crippen LogP contribution in [0, 0.1) is 17.8 Å². The Kier molecular flexibility index (Phi) is 5.73. The maximum Gasteiger partial charge on any atom is 0.246 e. The molecule has 3 aliphatic heterocycles. The molecule has 3 amide bonds. The van der Waals surface area contributed by atoms with Gasteiger partial charge in [-0.15, -0.1) is 0 Å². The lowest BCUT2D eigenvalue weighted by atomic mass is 9.62. The summed E-state index contributed by atoms with van der Waals surface area (Å²) in [6.07, 6.45) is 2.29. The van der Waals surface area contributed by atoms with Gasteiger partial charge in [0.1, 0.15) is 11.6 Å². The van der Waals surface area contributed by atoms with Gasteiger partial charge in [-0.3, -0.25) is 14.4 Å². The number of likely N-dealkylation sites (tertiary alicyclic amines) is 1. The summed E-state index contributed by atoms with van der Waals surface area (Å²) >= 11 is 0. The first-order valence-corrected chi connectivity index (χ1v) is 10.7. The highest BCUT2D eigenvalue weighted by molar-refractivity contribution is 5.99. The van der Waals surface area contributed by atoms with E-state index in [0.717, 1.165) is 12.8 Å². The van der Waals surface area contributed by atoms with Gasteiger partial charge in [0.25, 0.3) is 0 Å². The highest BCUT2D eigenvalue weighted by Crippen LogP contribution is 2.65. The third-order valence-electron chi connectivity index (χ3n) is 7.38. The minimum absolute atomic E-state index is 0.0154. The molecule has 3 saturated heterocycles. The molecule has 1 spiro atoms. The minimum atomic E-state index is -1.05. The molecule has 8 nitrogen and oxygen atoms in total. The van der Waals surface area contributed by atoms with E-state index in [1.165, 1.54) is 4.90 Å². The molecule has 0 radical (unpaired) electrons. The summed E-state index contributed by atoms with van der Waals surface area (Å²) in [4.78, 5) is 41.3. The van der Waals surface area contributed by atoms with E-state index >= 15 is 0 Å². The number of rotatable bonds is 7. The predicted octanol–water partition coefficient (Wildman–Crippen LogP) is 0.429. The van der Waals surface area contributed by atoms with Gasteiger partial charge in [0.15, 0.2) is 0 Å². The number of aliphatic hydroxyl groups excluding tert-OH is 1. The smallest absolute Gasteiger partial charge is 0.246 e. The maximum absolute atomic E-state index is 13.6. The first kappa shape index (κ1) is 22.0. The number of fused-ring (bicyclic) bond motifs is 1. The van der Waals surface area contributed by atoms with Crippen molar-refractivity contribution in [3.63, 3.8) is 0 Å². The molecule has 4 unspecified atom stereocenters. The molecule has 164 valence electrons. The standard InChI is InChI=1S/C21H35N3O5/c1-7-8-12(3)23-18(27)16-21-9-11(2)20(5,29-21)14(17(26)22-6)15(21)19(28)24(16)13(4)10-25/h11-16,25H,7-10H2,1-6H3,(H,22,26)(H,23,27)/t11?,12?,13-,14+,15+,16?,20-,21?/m1/s1. The van der Waals surface area contributed by atoms with E-state index in [1.807, 2.05) is 20.8 Å². The monoisotopic (exact) mass is 409 g/mol. The van der Waals surface area contributed by atoms with Gasteiger partial charge in [-0.25, -0.2) is 0 Å². The Morgan fingerprint density at radius 3 is 2.55 bits per heavy atom. The molecule has 0 saturated carbocycles. The fourth-order valence-electron chi connectivity index (χ4n) is 5.92. The van der Waals surface area contributed by atoms with Gasteiger partial charge in [0.2, 0.25) is 17.7 Å². The Bertz CT molecular complexity index is 700. The van der Waals surface area contributed by atoms with Crippen LogP contribution in [-0.2, 0) is 19.1 Å². The van der Waals surface area contributed by atoms with Crippen molar-refractivity contribution in [3.05, 3.63) is 0 Å². The lowest BCUT2D eigenvalue weighted by Crippen LogP contribution is -2.58. The van der Waals surface area contributed by atoms with Crippen LogP contribution >= 0.6 is 0 Å². The van der Waals surface area contributed by atoms with Crippen LogP contribution < -0.4 is 10.6 Å². The van der Waals surface area contributed by atoms with E-state index in [-0.39, 0.29) is 36.3 Å². The Labute approximate surface area is 172 Å². The Balaban J connectivity index is 2.07. The molecule has 2 bridgehead atoms. The number of aliphatic hydroxyl groups is 1. The molecule has 3 aliphatic rings. The average molecular weight is 410 g/mol. The van der Waals surface area contributed by atoms with Gasteiger partial charge in [-0.05, 0) is 39.5 Å². The molecular weight excluding hydrogens is 374 g/mol. The van der Waals surface area contributed by atoms with Crippen molar-refractivity contribution in [3.8, 4) is 0 Å². The Morgan fingerprint density at radius 1 is 1.34 bits per heavy atom. The quantitative estimate of drug-likeness (QED) is 0.565. The highest BCUT2D eigenvalue weighted by atomic mass is 16.5. The first-order valence-electron chi connectivity index (χ1n) is 10.7. The zero-order valence-electron chi connectivity index (χ0n) is 18.3. The predicted molar refractivity (Wildman–Crippen MR) is 107 cm³/mol. The van der Waals surface area contributed by atoms with E-state index in [9.17, 15) is 19.5 Å². The summed E-state index contributed by atoms with van der Waals surface area (Å²) in [5.41, 5.74) is -1.86. The van der Waals surface area contributed by atoms with Crippen molar-refractivity contribution in [1.82, 2.24) is 15.5 Å². The van der Waals surface area contributed by atoms with Gasteiger partial charge in [-0.1, -0.05) is 20.3 Å². The van der Waals surface area contributed by atoms with Gasteiger partial charge < -0.3 is 25.4 Å². The van der Waals surface area contributed by atoms with Crippen LogP contribution in [0.25, 0.3) is 0 Å². The van der Waals surface area contributed by atoms with E-state index in [4.69, 9.17) is 4.74 Å². The second-order valence-corrected chi connectivity index (χ2v) is 9.29. The normalized spacial score (nSPS) is 40.0. The second-order valence-electron chi connectivity index (χ2n) is 9.29. The van der Waals surface area contributed by atoms with Crippen LogP contribution in [-0.4, -0.2) is 70.7 Å². The molecule has 3 rings (SSSR count).